The third-order valence-electron chi connectivity index (χ3n) is 3.73. The van der Waals surface area contributed by atoms with Crippen LogP contribution in [0.5, 0.6) is 0 Å². The lowest BCUT2D eigenvalue weighted by Crippen LogP contribution is -2.49. The number of hydrogen-bond acceptors (Lipinski definition) is 4. The number of nitrogens with zero attached hydrogens (tertiary/aromatic N) is 1. The van der Waals surface area contributed by atoms with Crippen LogP contribution in [0.2, 0.25) is 0 Å². The first kappa shape index (κ1) is 17.9. The molecule has 6 nitrogen and oxygen atoms in total. The first-order valence-electron chi connectivity index (χ1n) is 7.99. The molecule has 24 heavy (non-hydrogen) atoms. The molecule has 0 saturated carbocycles. The van der Waals surface area contributed by atoms with Crippen molar-refractivity contribution in [3.05, 3.63) is 42.1 Å². The minimum atomic E-state index is -1.16. The number of para-hydroxylation sites is 1. The Kier molecular flexibility index (Phi) is 5.87. The number of fused-ring (bicyclic) bond motifs is 1. The molecule has 0 unspecified atom stereocenters. The average Bonchev–Trinajstić information content (AvgIpc) is 2.53. The van der Waals surface area contributed by atoms with E-state index in [4.69, 9.17) is 5.73 Å². The van der Waals surface area contributed by atoms with Crippen LogP contribution in [0.3, 0.4) is 0 Å². The number of nitrogens with one attached hydrogen (secondary N) is 1. The van der Waals surface area contributed by atoms with Gasteiger partial charge in [0.05, 0.1) is 5.52 Å². The summed E-state index contributed by atoms with van der Waals surface area (Å²) < 4.78 is 0. The summed E-state index contributed by atoms with van der Waals surface area (Å²) in [5.74, 6) is -1.08. The molecule has 6 heteroatoms. The van der Waals surface area contributed by atoms with Gasteiger partial charge in [-0.2, -0.15) is 0 Å². The third kappa shape index (κ3) is 4.76. The van der Waals surface area contributed by atoms with Crippen LogP contribution in [0.4, 0.5) is 0 Å². The summed E-state index contributed by atoms with van der Waals surface area (Å²) in [7, 11) is 0. The molecule has 4 N–H and O–H groups in total. The molecule has 128 valence electrons. The number of pyridine rings is 1. The zero-order chi connectivity index (χ0) is 17.7. The summed E-state index contributed by atoms with van der Waals surface area (Å²) in [5, 5.41) is 13.4. The SMILES string of the molecule is CC(C)C[C@H](O)C(=O)N[C@@H](Cc1ccc2ccccc2n1)C(N)=O. The van der Waals surface area contributed by atoms with Gasteiger partial charge in [-0.15, -0.1) is 0 Å². The van der Waals surface area contributed by atoms with Crippen LogP contribution in [0.25, 0.3) is 10.9 Å². The Bertz CT molecular complexity index is 730. The highest BCUT2D eigenvalue weighted by Gasteiger charge is 2.24. The van der Waals surface area contributed by atoms with Crippen molar-refractivity contribution in [3.8, 4) is 0 Å². The van der Waals surface area contributed by atoms with E-state index in [2.05, 4.69) is 10.3 Å². The molecule has 0 spiro atoms. The molecular weight excluding hydrogens is 306 g/mol. The van der Waals surface area contributed by atoms with Crippen LogP contribution in [0.15, 0.2) is 36.4 Å². The second-order valence-electron chi connectivity index (χ2n) is 6.31. The Morgan fingerprint density at radius 3 is 2.58 bits per heavy atom. The van der Waals surface area contributed by atoms with Crippen molar-refractivity contribution in [1.82, 2.24) is 10.3 Å². The minimum absolute atomic E-state index is 0.167. The molecule has 0 aliphatic carbocycles. The average molecular weight is 329 g/mol. The maximum Gasteiger partial charge on any atom is 0.249 e. The quantitative estimate of drug-likeness (QED) is 0.708. The van der Waals surface area contributed by atoms with Crippen LogP contribution in [0.1, 0.15) is 26.0 Å². The maximum absolute atomic E-state index is 12.0. The zero-order valence-corrected chi connectivity index (χ0v) is 13.9. The smallest absolute Gasteiger partial charge is 0.249 e. The summed E-state index contributed by atoms with van der Waals surface area (Å²) in [5.41, 5.74) is 6.84. The fraction of sp³-hybridized carbons (Fsp3) is 0.389. The van der Waals surface area contributed by atoms with Crippen molar-refractivity contribution in [2.75, 3.05) is 0 Å². The van der Waals surface area contributed by atoms with E-state index in [1.54, 1.807) is 6.07 Å². The lowest BCUT2D eigenvalue weighted by molar-refractivity contribution is -0.133. The molecule has 0 fully saturated rings. The monoisotopic (exact) mass is 329 g/mol. The molecule has 0 aliphatic rings. The summed E-state index contributed by atoms with van der Waals surface area (Å²) in [6, 6.07) is 10.4. The van der Waals surface area contributed by atoms with Gasteiger partial charge in [-0.3, -0.25) is 14.6 Å². The standard InChI is InChI=1S/C18H23N3O3/c1-11(2)9-16(22)18(24)21-15(17(19)23)10-13-8-7-12-5-3-4-6-14(12)20-13/h3-8,11,15-16,22H,9-10H2,1-2H3,(H2,19,23)(H,21,24)/t15-,16-/m0/s1. The largest absolute Gasteiger partial charge is 0.383 e. The predicted molar refractivity (Wildman–Crippen MR) is 92.0 cm³/mol. The molecule has 0 radical (unpaired) electrons. The highest BCUT2D eigenvalue weighted by molar-refractivity contribution is 5.88. The molecule has 1 aromatic carbocycles. The van der Waals surface area contributed by atoms with Crippen molar-refractivity contribution in [2.24, 2.45) is 11.7 Å². The lowest BCUT2D eigenvalue weighted by Gasteiger charge is -2.19. The van der Waals surface area contributed by atoms with E-state index in [0.29, 0.717) is 12.1 Å². The third-order valence-corrected chi connectivity index (χ3v) is 3.73. The number of amides is 2. The second kappa shape index (κ2) is 7.88. The normalized spacial score (nSPS) is 13.7. The van der Waals surface area contributed by atoms with E-state index in [-0.39, 0.29) is 12.3 Å². The molecule has 1 heterocycles. The number of rotatable bonds is 7. The van der Waals surface area contributed by atoms with Gasteiger partial charge in [-0.1, -0.05) is 38.1 Å². The minimum Gasteiger partial charge on any atom is -0.383 e. The van der Waals surface area contributed by atoms with Crippen LogP contribution >= 0.6 is 0 Å². The molecule has 0 bridgehead atoms. The van der Waals surface area contributed by atoms with E-state index in [1.807, 2.05) is 44.2 Å². The summed E-state index contributed by atoms with van der Waals surface area (Å²) >= 11 is 0. The van der Waals surface area contributed by atoms with Crippen molar-refractivity contribution >= 4 is 22.7 Å². The molecule has 2 amide bonds. The predicted octanol–water partition coefficient (Wildman–Crippen LogP) is 1.15. The molecule has 0 aliphatic heterocycles. The lowest BCUT2D eigenvalue weighted by atomic mass is 10.0. The number of primary amides is 1. The number of aliphatic hydroxyl groups is 1. The van der Waals surface area contributed by atoms with E-state index in [0.717, 1.165) is 10.9 Å². The molecule has 2 atom stereocenters. The Balaban J connectivity index is 2.09. The highest BCUT2D eigenvalue weighted by Crippen LogP contribution is 2.13. The fourth-order valence-corrected chi connectivity index (χ4v) is 2.48. The summed E-state index contributed by atoms with van der Waals surface area (Å²) in [4.78, 5) is 28.1. The maximum atomic E-state index is 12.0. The number of carbonyl (C=O) groups is 2. The van der Waals surface area contributed by atoms with Gasteiger partial charge < -0.3 is 16.2 Å². The summed E-state index contributed by atoms with van der Waals surface area (Å²) in [6.07, 6.45) is -0.650. The van der Waals surface area contributed by atoms with Crippen LogP contribution in [0, 0.1) is 5.92 Å². The van der Waals surface area contributed by atoms with Crippen molar-refractivity contribution in [2.45, 2.75) is 38.8 Å². The summed E-state index contributed by atoms with van der Waals surface area (Å²) in [6.45, 7) is 3.81. The molecule has 2 rings (SSSR count). The molecule has 1 aromatic heterocycles. The number of nitrogens with two attached hydrogens (primary N) is 1. The van der Waals surface area contributed by atoms with Crippen LogP contribution < -0.4 is 11.1 Å². The van der Waals surface area contributed by atoms with E-state index >= 15 is 0 Å². The van der Waals surface area contributed by atoms with Crippen LogP contribution in [-0.2, 0) is 16.0 Å². The highest BCUT2D eigenvalue weighted by atomic mass is 16.3. The number of carbonyl (C=O) groups excluding carboxylic acids is 2. The van der Waals surface area contributed by atoms with Gasteiger partial charge in [-0.25, -0.2) is 0 Å². The van der Waals surface area contributed by atoms with Gasteiger partial charge in [0.15, 0.2) is 0 Å². The van der Waals surface area contributed by atoms with Gasteiger partial charge in [0.1, 0.15) is 12.1 Å². The zero-order valence-electron chi connectivity index (χ0n) is 13.9. The number of aromatic nitrogens is 1. The van der Waals surface area contributed by atoms with Gasteiger partial charge >= 0.3 is 0 Å². The Morgan fingerprint density at radius 1 is 1.21 bits per heavy atom. The topological polar surface area (TPSA) is 105 Å². The number of benzene rings is 1. The molecule has 2 aromatic rings. The molecular formula is C18H23N3O3. The van der Waals surface area contributed by atoms with E-state index in [1.165, 1.54) is 0 Å². The first-order valence-corrected chi connectivity index (χ1v) is 7.99. The van der Waals surface area contributed by atoms with Gasteiger partial charge in [-0.05, 0) is 24.5 Å². The molecule has 0 saturated heterocycles. The van der Waals surface area contributed by atoms with Crippen molar-refractivity contribution in [3.63, 3.8) is 0 Å². The van der Waals surface area contributed by atoms with Gasteiger partial charge in [0.25, 0.3) is 0 Å². The van der Waals surface area contributed by atoms with Crippen molar-refractivity contribution in [1.29, 1.82) is 0 Å². The van der Waals surface area contributed by atoms with E-state index < -0.39 is 24.0 Å². The van der Waals surface area contributed by atoms with E-state index in [9.17, 15) is 14.7 Å². The van der Waals surface area contributed by atoms with Gasteiger partial charge in [0, 0.05) is 17.5 Å². The Morgan fingerprint density at radius 2 is 1.92 bits per heavy atom. The first-order chi connectivity index (χ1) is 11.4. The fourth-order valence-electron chi connectivity index (χ4n) is 2.48. The van der Waals surface area contributed by atoms with Crippen molar-refractivity contribution < 1.29 is 14.7 Å². The Hall–Kier alpha value is -2.47. The Labute approximate surface area is 141 Å². The number of hydrogen-bond donors (Lipinski definition) is 3. The number of aliphatic hydroxyl groups excluding tert-OH is 1. The second-order valence-corrected chi connectivity index (χ2v) is 6.31. The van der Waals surface area contributed by atoms with Gasteiger partial charge in [0.2, 0.25) is 11.8 Å². The van der Waals surface area contributed by atoms with Crippen LogP contribution in [-0.4, -0.2) is 34.1 Å².